The first-order valence-corrected chi connectivity index (χ1v) is 8.71. The Hall–Kier alpha value is -3.41. The maximum absolute atomic E-state index is 12.4. The largest absolute Gasteiger partial charge is 0.495 e. The molecule has 3 aromatic rings. The van der Waals surface area contributed by atoms with E-state index in [9.17, 15) is 4.79 Å². The van der Waals surface area contributed by atoms with E-state index in [1.54, 1.807) is 19.2 Å². The van der Waals surface area contributed by atoms with Crippen LogP contribution in [-0.2, 0) is 0 Å². The Labute approximate surface area is 158 Å². The summed E-state index contributed by atoms with van der Waals surface area (Å²) in [4.78, 5) is 21.0. The number of nitrogens with one attached hydrogen (secondary N) is 2. The molecule has 27 heavy (non-hydrogen) atoms. The Bertz CT molecular complexity index is 923. The van der Waals surface area contributed by atoms with E-state index in [0.717, 1.165) is 5.69 Å². The molecule has 0 saturated heterocycles. The molecule has 138 valence electrons. The normalized spacial score (nSPS) is 10.5. The summed E-state index contributed by atoms with van der Waals surface area (Å²) >= 11 is 0. The zero-order valence-corrected chi connectivity index (χ0v) is 15.6. The lowest BCUT2D eigenvalue weighted by molar-refractivity contribution is 0.102. The fourth-order valence-corrected chi connectivity index (χ4v) is 2.69. The predicted molar refractivity (Wildman–Crippen MR) is 107 cm³/mol. The van der Waals surface area contributed by atoms with Crippen LogP contribution in [0.5, 0.6) is 5.75 Å². The molecule has 2 aromatic carbocycles. The zero-order chi connectivity index (χ0) is 19.2. The van der Waals surface area contributed by atoms with Gasteiger partial charge in [-0.1, -0.05) is 44.2 Å². The van der Waals surface area contributed by atoms with Crippen LogP contribution >= 0.6 is 0 Å². The molecular weight excluding hydrogens is 340 g/mol. The van der Waals surface area contributed by atoms with E-state index in [0.29, 0.717) is 28.9 Å². The molecule has 1 heterocycles. The molecule has 0 aliphatic heterocycles. The lowest BCUT2D eigenvalue weighted by Gasteiger charge is -2.13. The van der Waals surface area contributed by atoms with Gasteiger partial charge in [-0.05, 0) is 29.7 Å². The van der Waals surface area contributed by atoms with Crippen LogP contribution in [-0.4, -0.2) is 23.0 Å². The van der Waals surface area contributed by atoms with Crippen molar-refractivity contribution in [1.82, 2.24) is 9.97 Å². The highest BCUT2D eigenvalue weighted by molar-refractivity contribution is 6.04. The van der Waals surface area contributed by atoms with Crippen molar-refractivity contribution in [1.29, 1.82) is 0 Å². The van der Waals surface area contributed by atoms with Gasteiger partial charge in [0.2, 0.25) is 5.95 Å². The van der Waals surface area contributed by atoms with Gasteiger partial charge in [0.25, 0.3) is 5.91 Å². The molecule has 0 fully saturated rings. The third kappa shape index (κ3) is 4.41. The van der Waals surface area contributed by atoms with Crippen molar-refractivity contribution in [2.45, 2.75) is 19.8 Å². The number of benzene rings is 2. The number of ether oxygens (including phenoxy) is 1. The number of hydrogen-bond donors (Lipinski definition) is 2. The van der Waals surface area contributed by atoms with Gasteiger partial charge in [0.15, 0.2) is 0 Å². The number of methoxy groups -OCH3 is 1. The van der Waals surface area contributed by atoms with Gasteiger partial charge in [0.1, 0.15) is 5.75 Å². The van der Waals surface area contributed by atoms with E-state index in [1.807, 2.05) is 30.3 Å². The first kappa shape index (κ1) is 18.4. The fourth-order valence-electron chi connectivity index (χ4n) is 2.69. The molecule has 3 rings (SSSR count). The number of carbonyl (C=O) groups is 1. The summed E-state index contributed by atoms with van der Waals surface area (Å²) in [5.74, 6) is 1.11. The van der Waals surface area contributed by atoms with Gasteiger partial charge in [-0.15, -0.1) is 0 Å². The number of carbonyl (C=O) groups excluding carboxylic acids is 1. The average Bonchev–Trinajstić information content (AvgIpc) is 2.69. The van der Waals surface area contributed by atoms with Crippen molar-refractivity contribution >= 4 is 23.2 Å². The van der Waals surface area contributed by atoms with Crippen molar-refractivity contribution in [3.05, 3.63) is 72.1 Å². The molecule has 0 atom stereocenters. The number of anilines is 3. The highest BCUT2D eigenvalue weighted by atomic mass is 16.5. The maximum atomic E-state index is 12.4. The van der Waals surface area contributed by atoms with Crippen LogP contribution in [0.1, 0.15) is 35.7 Å². The van der Waals surface area contributed by atoms with Gasteiger partial charge < -0.3 is 15.4 Å². The lowest BCUT2D eigenvalue weighted by Crippen LogP contribution is -2.13. The molecular formula is C21H22N4O2. The van der Waals surface area contributed by atoms with E-state index in [1.165, 1.54) is 18.0 Å². The molecule has 1 amide bonds. The third-order valence-electron chi connectivity index (χ3n) is 4.10. The second-order valence-electron chi connectivity index (χ2n) is 6.32. The van der Waals surface area contributed by atoms with Crippen molar-refractivity contribution in [2.75, 3.05) is 17.7 Å². The number of hydrogen-bond acceptors (Lipinski definition) is 5. The van der Waals surface area contributed by atoms with Crippen LogP contribution in [0.15, 0.2) is 60.9 Å². The van der Waals surface area contributed by atoms with Crippen molar-refractivity contribution < 1.29 is 9.53 Å². The lowest BCUT2D eigenvalue weighted by atomic mass is 10.0. The van der Waals surface area contributed by atoms with E-state index in [4.69, 9.17) is 4.74 Å². The molecule has 0 radical (unpaired) electrons. The molecule has 0 bridgehead atoms. The molecule has 1 aromatic heterocycles. The predicted octanol–water partition coefficient (Wildman–Crippen LogP) is 4.60. The summed E-state index contributed by atoms with van der Waals surface area (Å²) in [7, 11) is 1.56. The Morgan fingerprint density at radius 2 is 1.59 bits per heavy atom. The molecule has 6 nitrogen and oxygen atoms in total. The molecule has 0 aliphatic carbocycles. The fraction of sp³-hybridized carbons (Fsp3) is 0.190. The van der Waals surface area contributed by atoms with Crippen molar-refractivity contribution in [3.8, 4) is 5.75 Å². The number of rotatable bonds is 6. The monoisotopic (exact) mass is 362 g/mol. The molecule has 0 saturated carbocycles. The van der Waals surface area contributed by atoms with Gasteiger partial charge in [-0.3, -0.25) is 4.79 Å². The molecule has 2 N–H and O–H groups in total. The van der Waals surface area contributed by atoms with Crippen molar-refractivity contribution in [3.63, 3.8) is 0 Å². The number of amides is 1. The molecule has 0 spiro atoms. The molecule has 6 heteroatoms. The highest BCUT2D eigenvalue weighted by Crippen LogP contribution is 2.26. The average molecular weight is 362 g/mol. The molecule has 0 unspecified atom stereocenters. The van der Waals surface area contributed by atoms with Crippen LogP contribution in [0.25, 0.3) is 0 Å². The Kier molecular flexibility index (Phi) is 5.66. The smallest absolute Gasteiger partial charge is 0.258 e. The van der Waals surface area contributed by atoms with E-state index < -0.39 is 0 Å². The summed E-state index contributed by atoms with van der Waals surface area (Å²) < 4.78 is 5.24. The third-order valence-corrected chi connectivity index (χ3v) is 4.10. The second kappa shape index (κ2) is 8.31. The minimum atomic E-state index is -0.298. The van der Waals surface area contributed by atoms with Gasteiger partial charge in [-0.25, -0.2) is 9.97 Å². The van der Waals surface area contributed by atoms with Crippen LogP contribution < -0.4 is 15.4 Å². The zero-order valence-electron chi connectivity index (χ0n) is 15.6. The summed E-state index contributed by atoms with van der Waals surface area (Å²) in [6, 6.07) is 15.3. The summed E-state index contributed by atoms with van der Waals surface area (Å²) in [6.07, 6.45) is 3.00. The number of aromatic nitrogens is 2. The van der Waals surface area contributed by atoms with Gasteiger partial charge in [0, 0.05) is 18.1 Å². The maximum Gasteiger partial charge on any atom is 0.258 e. The van der Waals surface area contributed by atoms with E-state index >= 15 is 0 Å². The number of para-hydroxylation sites is 3. The number of nitrogens with zero attached hydrogens (tertiary/aromatic N) is 2. The van der Waals surface area contributed by atoms with Crippen LogP contribution in [0.3, 0.4) is 0 Å². The van der Waals surface area contributed by atoms with Gasteiger partial charge in [0.05, 0.1) is 18.4 Å². The van der Waals surface area contributed by atoms with Gasteiger partial charge >= 0.3 is 0 Å². The standard InChI is InChI=1S/C21H22N4O2/c1-14(2)16-8-4-5-9-17(16)25-21-22-12-15(13-23-21)20(26)24-18-10-6-7-11-19(18)27-3/h4-14H,1-3H3,(H,24,26)(H,22,23,25). The van der Waals surface area contributed by atoms with E-state index in [-0.39, 0.29) is 5.91 Å². The minimum absolute atomic E-state index is 0.298. The van der Waals surface area contributed by atoms with Crippen LogP contribution in [0, 0.1) is 0 Å². The van der Waals surface area contributed by atoms with E-state index in [2.05, 4.69) is 40.5 Å². The highest BCUT2D eigenvalue weighted by Gasteiger charge is 2.11. The Morgan fingerprint density at radius 3 is 2.26 bits per heavy atom. The summed E-state index contributed by atoms with van der Waals surface area (Å²) in [5.41, 5.74) is 3.10. The molecule has 0 aliphatic rings. The summed E-state index contributed by atoms with van der Waals surface area (Å²) in [5, 5.41) is 6.02. The Morgan fingerprint density at radius 1 is 0.963 bits per heavy atom. The Balaban J connectivity index is 1.73. The quantitative estimate of drug-likeness (QED) is 0.670. The van der Waals surface area contributed by atoms with Crippen LogP contribution in [0.4, 0.5) is 17.3 Å². The second-order valence-corrected chi connectivity index (χ2v) is 6.32. The first-order valence-electron chi connectivity index (χ1n) is 8.71. The SMILES string of the molecule is COc1ccccc1NC(=O)c1cnc(Nc2ccccc2C(C)C)nc1. The van der Waals surface area contributed by atoms with Gasteiger partial charge in [-0.2, -0.15) is 0 Å². The summed E-state index contributed by atoms with van der Waals surface area (Å²) in [6.45, 7) is 4.26. The van der Waals surface area contributed by atoms with Crippen molar-refractivity contribution in [2.24, 2.45) is 0 Å². The first-order chi connectivity index (χ1) is 13.1. The topological polar surface area (TPSA) is 76.1 Å². The minimum Gasteiger partial charge on any atom is -0.495 e. The van der Waals surface area contributed by atoms with Crippen LogP contribution in [0.2, 0.25) is 0 Å².